The molecule has 0 aromatic heterocycles. The van der Waals surface area contributed by atoms with Gasteiger partial charge in [0.25, 0.3) is 0 Å². The van der Waals surface area contributed by atoms with Crippen LogP contribution in [0.2, 0.25) is 0 Å². The summed E-state index contributed by atoms with van der Waals surface area (Å²) in [5.74, 6) is -1.01. The zero-order chi connectivity index (χ0) is 16.1. The van der Waals surface area contributed by atoms with E-state index in [4.69, 9.17) is 5.11 Å². The van der Waals surface area contributed by atoms with Crippen LogP contribution in [0.4, 0.5) is 0 Å². The van der Waals surface area contributed by atoms with Crippen molar-refractivity contribution in [2.24, 2.45) is 0 Å². The molecule has 22 heavy (non-hydrogen) atoms. The van der Waals surface area contributed by atoms with E-state index in [1.807, 2.05) is 31.2 Å². The number of carbonyl (C=O) groups is 1. The number of aliphatic carboxylic acids is 1. The fourth-order valence-electron chi connectivity index (χ4n) is 2.54. The molecule has 0 spiro atoms. The summed E-state index contributed by atoms with van der Waals surface area (Å²) in [6.45, 7) is 1.83. The average Bonchev–Trinajstić information content (AvgIpc) is 2.50. The van der Waals surface area contributed by atoms with Gasteiger partial charge in [0.2, 0.25) is 0 Å². The van der Waals surface area contributed by atoms with Gasteiger partial charge < -0.3 is 15.3 Å². The van der Waals surface area contributed by atoms with Crippen molar-refractivity contribution in [3.8, 4) is 0 Å². The Labute approximate surface area is 128 Å². The van der Waals surface area contributed by atoms with Crippen LogP contribution in [0.5, 0.6) is 0 Å². The Morgan fingerprint density at radius 1 is 1.14 bits per heavy atom. The van der Waals surface area contributed by atoms with E-state index in [1.54, 1.807) is 12.2 Å². The Kier molecular flexibility index (Phi) is 5.09. The first-order chi connectivity index (χ1) is 10.6. The fourth-order valence-corrected chi connectivity index (χ4v) is 2.54. The van der Waals surface area contributed by atoms with Crippen molar-refractivity contribution in [1.29, 1.82) is 0 Å². The van der Waals surface area contributed by atoms with Crippen LogP contribution >= 0.6 is 0 Å². The molecule has 0 fully saturated rings. The Morgan fingerprint density at radius 2 is 1.91 bits per heavy atom. The number of fused-ring (bicyclic) bond motifs is 1. The van der Waals surface area contributed by atoms with Crippen molar-refractivity contribution in [1.82, 2.24) is 0 Å². The monoisotopic (exact) mass is 298 g/mol. The largest absolute Gasteiger partial charge is 0.478 e. The summed E-state index contributed by atoms with van der Waals surface area (Å²) in [6, 6.07) is 7.57. The van der Waals surface area contributed by atoms with Crippen molar-refractivity contribution >= 4 is 22.8 Å². The Balaban J connectivity index is 2.61. The van der Waals surface area contributed by atoms with Gasteiger partial charge in [-0.2, -0.15) is 0 Å². The minimum absolute atomic E-state index is 0.0228. The van der Waals surface area contributed by atoms with E-state index in [1.165, 1.54) is 6.08 Å². The van der Waals surface area contributed by atoms with Crippen LogP contribution in [0.3, 0.4) is 0 Å². The number of aryl methyl sites for hydroxylation is 1. The Hall–Kier alpha value is -2.43. The van der Waals surface area contributed by atoms with Crippen LogP contribution in [0.15, 0.2) is 42.5 Å². The summed E-state index contributed by atoms with van der Waals surface area (Å²) in [7, 11) is 0. The quantitative estimate of drug-likeness (QED) is 0.586. The molecular formula is C18H18O4. The maximum atomic E-state index is 10.5. The zero-order valence-electron chi connectivity index (χ0n) is 12.3. The van der Waals surface area contributed by atoms with Crippen molar-refractivity contribution in [2.75, 3.05) is 0 Å². The molecule has 2 aromatic carbocycles. The van der Waals surface area contributed by atoms with Crippen LogP contribution in [-0.2, 0) is 18.0 Å². The number of aliphatic hydroxyl groups is 2. The van der Waals surface area contributed by atoms with Crippen LogP contribution in [0.25, 0.3) is 16.8 Å². The van der Waals surface area contributed by atoms with Crippen molar-refractivity contribution in [3.05, 3.63) is 64.7 Å². The van der Waals surface area contributed by atoms with Crippen LogP contribution in [-0.4, -0.2) is 21.3 Å². The normalized spacial score (nSPS) is 11.8. The molecule has 0 aliphatic rings. The second-order valence-corrected chi connectivity index (χ2v) is 5.02. The van der Waals surface area contributed by atoms with Crippen molar-refractivity contribution in [2.45, 2.75) is 20.1 Å². The van der Waals surface area contributed by atoms with Crippen LogP contribution in [0.1, 0.15) is 22.3 Å². The molecule has 0 aliphatic heterocycles. The molecule has 0 amide bonds. The number of aliphatic hydroxyl groups excluding tert-OH is 2. The van der Waals surface area contributed by atoms with Crippen molar-refractivity contribution in [3.63, 3.8) is 0 Å². The summed E-state index contributed by atoms with van der Waals surface area (Å²) in [5, 5.41) is 29.4. The number of benzene rings is 2. The van der Waals surface area contributed by atoms with Gasteiger partial charge in [0.05, 0.1) is 13.2 Å². The van der Waals surface area contributed by atoms with Crippen molar-refractivity contribution < 1.29 is 20.1 Å². The molecule has 114 valence electrons. The molecule has 2 aromatic rings. The maximum absolute atomic E-state index is 10.5. The second-order valence-electron chi connectivity index (χ2n) is 5.02. The summed E-state index contributed by atoms with van der Waals surface area (Å²) in [4.78, 5) is 10.5. The van der Waals surface area contributed by atoms with E-state index >= 15 is 0 Å². The molecule has 0 unspecified atom stereocenters. The lowest BCUT2D eigenvalue weighted by atomic mass is 9.93. The van der Waals surface area contributed by atoms with E-state index in [2.05, 4.69) is 0 Å². The van der Waals surface area contributed by atoms with E-state index in [9.17, 15) is 15.0 Å². The SMILES string of the molecule is Cc1cc(CO)cc2ccc(CO)c(/C=C/C=C/C(=O)O)c12. The summed E-state index contributed by atoms with van der Waals surface area (Å²) in [5.41, 5.74) is 3.46. The van der Waals surface area contributed by atoms with Gasteiger partial charge >= 0.3 is 5.97 Å². The lowest BCUT2D eigenvalue weighted by molar-refractivity contribution is -0.131. The minimum atomic E-state index is -1.01. The number of rotatable bonds is 5. The van der Waals surface area contributed by atoms with Gasteiger partial charge in [0.15, 0.2) is 0 Å². The number of carboxylic acid groups (broad SMARTS) is 1. The third-order valence-corrected chi connectivity index (χ3v) is 3.47. The van der Waals surface area contributed by atoms with Gasteiger partial charge in [0, 0.05) is 6.08 Å². The van der Waals surface area contributed by atoms with Gasteiger partial charge in [-0.05, 0) is 46.0 Å². The average molecular weight is 298 g/mol. The summed E-state index contributed by atoms with van der Waals surface area (Å²) < 4.78 is 0. The number of hydrogen-bond donors (Lipinski definition) is 3. The smallest absolute Gasteiger partial charge is 0.328 e. The first-order valence-corrected chi connectivity index (χ1v) is 6.91. The molecule has 0 atom stereocenters. The second kappa shape index (κ2) is 7.02. The van der Waals surface area contributed by atoms with E-state index in [-0.39, 0.29) is 13.2 Å². The van der Waals surface area contributed by atoms with E-state index < -0.39 is 5.97 Å². The highest BCUT2D eigenvalue weighted by Crippen LogP contribution is 2.28. The van der Waals surface area contributed by atoms with Gasteiger partial charge in [0.1, 0.15) is 0 Å². The fraction of sp³-hybridized carbons (Fsp3) is 0.167. The molecule has 0 bridgehead atoms. The molecule has 0 radical (unpaired) electrons. The molecular weight excluding hydrogens is 280 g/mol. The molecule has 0 saturated heterocycles. The molecule has 0 saturated carbocycles. The standard InChI is InChI=1S/C18H18O4/c1-12-8-13(10-19)9-14-6-7-15(11-20)16(18(12)14)4-2-3-5-17(21)22/h2-9,19-20H,10-11H2,1H3,(H,21,22)/b4-2+,5-3+. The number of hydrogen-bond acceptors (Lipinski definition) is 3. The highest BCUT2D eigenvalue weighted by molar-refractivity contribution is 5.95. The highest BCUT2D eigenvalue weighted by atomic mass is 16.4. The predicted molar refractivity (Wildman–Crippen MR) is 86.3 cm³/mol. The van der Waals surface area contributed by atoms with Gasteiger partial charge in [-0.1, -0.05) is 36.4 Å². The first kappa shape index (κ1) is 15.9. The Bertz CT molecular complexity index is 757. The molecule has 4 nitrogen and oxygen atoms in total. The van der Waals surface area contributed by atoms with Crippen LogP contribution < -0.4 is 0 Å². The topological polar surface area (TPSA) is 77.8 Å². The summed E-state index contributed by atoms with van der Waals surface area (Å²) in [6.07, 6.45) is 5.93. The first-order valence-electron chi connectivity index (χ1n) is 6.91. The minimum Gasteiger partial charge on any atom is -0.478 e. The molecule has 0 heterocycles. The summed E-state index contributed by atoms with van der Waals surface area (Å²) >= 11 is 0. The molecule has 3 N–H and O–H groups in total. The Morgan fingerprint density at radius 3 is 2.55 bits per heavy atom. The number of carboxylic acids is 1. The molecule has 2 rings (SSSR count). The number of allylic oxidation sites excluding steroid dienone is 2. The third-order valence-electron chi connectivity index (χ3n) is 3.47. The van der Waals surface area contributed by atoms with Gasteiger partial charge in [-0.3, -0.25) is 0 Å². The zero-order valence-corrected chi connectivity index (χ0v) is 12.3. The van der Waals surface area contributed by atoms with E-state index in [0.29, 0.717) is 0 Å². The highest BCUT2D eigenvalue weighted by Gasteiger charge is 2.08. The van der Waals surface area contributed by atoms with Gasteiger partial charge in [-0.25, -0.2) is 4.79 Å². The van der Waals surface area contributed by atoms with Crippen LogP contribution in [0, 0.1) is 6.92 Å². The lowest BCUT2D eigenvalue weighted by Crippen LogP contribution is -1.94. The van der Waals surface area contributed by atoms with E-state index in [0.717, 1.165) is 39.1 Å². The molecule has 0 aliphatic carbocycles. The maximum Gasteiger partial charge on any atom is 0.328 e. The lowest BCUT2D eigenvalue weighted by Gasteiger charge is -2.12. The third kappa shape index (κ3) is 3.42. The van der Waals surface area contributed by atoms with Gasteiger partial charge in [-0.15, -0.1) is 0 Å². The predicted octanol–water partition coefficient (Wildman–Crippen LogP) is 2.79. The molecule has 4 heteroatoms.